The molecule has 1 aromatic rings. The van der Waals surface area contributed by atoms with Gasteiger partial charge in [-0.2, -0.15) is 4.98 Å². The zero-order valence-corrected chi connectivity index (χ0v) is 9.03. The van der Waals surface area contributed by atoms with E-state index < -0.39 is 11.7 Å². The molecule has 0 saturated heterocycles. The number of halogens is 1. The van der Waals surface area contributed by atoms with Gasteiger partial charge in [-0.25, -0.2) is 4.79 Å². The summed E-state index contributed by atoms with van der Waals surface area (Å²) in [6.45, 7) is 0.928. The van der Waals surface area contributed by atoms with Gasteiger partial charge in [-0.3, -0.25) is 9.36 Å². The standard InChI is InChI=1S/C9H9ClN2O4/c10-7-5(4-6(13)14)8-12(9(15)11-7)2-1-3-16-8/h1-4H2,(H,13,14). The normalized spacial score (nSPS) is 14.1. The number of aliphatic carboxylic acids is 1. The molecule has 0 amide bonds. The fourth-order valence-electron chi connectivity index (χ4n) is 1.60. The summed E-state index contributed by atoms with van der Waals surface area (Å²) in [5, 5.41) is 8.64. The molecule has 0 unspecified atom stereocenters. The zero-order chi connectivity index (χ0) is 11.7. The topological polar surface area (TPSA) is 81.4 Å². The molecule has 0 aromatic carbocycles. The van der Waals surface area contributed by atoms with Crippen LogP contribution in [0.2, 0.25) is 5.15 Å². The van der Waals surface area contributed by atoms with Gasteiger partial charge in [-0.15, -0.1) is 0 Å². The Kier molecular flexibility index (Phi) is 2.82. The molecule has 6 nitrogen and oxygen atoms in total. The quantitative estimate of drug-likeness (QED) is 0.757. The Morgan fingerprint density at radius 2 is 2.38 bits per heavy atom. The van der Waals surface area contributed by atoms with Crippen molar-refractivity contribution in [3.05, 3.63) is 21.2 Å². The molecule has 2 heterocycles. The Labute approximate surface area is 95.4 Å². The van der Waals surface area contributed by atoms with E-state index >= 15 is 0 Å². The monoisotopic (exact) mass is 244 g/mol. The Morgan fingerprint density at radius 1 is 1.62 bits per heavy atom. The smallest absolute Gasteiger partial charge is 0.351 e. The summed E-state index contributed by atoms with van der Waals surface area (Å²) in [6, 6.07) is 0. The van der Waals surface area contributed by atoms with Crippen LogP contribution < -0.4 is 10.4 Å². The van der Waals surface area contributed by atoms with E-state index in [0.717, 1.165) is 0 Å². The summed E-state index contributed by atoms with van der Waals surface area (Å²) in [7, 11) is 0. The highest BCUT2D eigenvalue weighted by Crippen LogP contribution is 2.26. The minimum absolute atomic E-state index is 0.0967. The van der Waals surface area contributed by atoms with Gasteiger partial charge in [0, 0.05) is 6.54 Å². The second kappa shape index (κ2) is 4.13. The van der Waals surface area contributed by atoms with Crippen LogP contribution in [0.4, 0.5) is 0 Å². The summed E-state index contributed by atoms with van der Waals surface area (Å²) in [5.74, 6) is -0.807. The number of hydrogen-bond acceptors (Lipinski definition) is 4. The summed E-state index contributed by atoms with van der Waals surface area (Å²) in [5.41, 5.74) is -0.248. The van der Waals surface area contributed by atoms with Crippen LogP contribution in [0.5, 0.6) is 5.88 Å². The van der Waals surface area contributed by atoms with E-state index in [9.17, 15) is 9.59 Å². The van der Waals surface area contributed by atoms with Crippen molar-refractivity contribution in [3.63, 3.8) is 0 Å². The second-order valence-corrected chi connectivity index (χ2v) is 3.75. The molecule has 0 spiro atoms. The summed E-state index contributed by atoms with van der Waals surface area (Å²) >= 11 is 5.74. The predicted molar refractivity (Wildman–Crippen MR) is 55.0 cm³/mol. The lowest BCUT2D eigenvalue weighted by Gasteiger charge is -2.21. The van der Waals surface area contributed by atoms with E-state index in [0.29, 0.717) is 19.6 Å². The van der Waals surface area contributed by atoms with E-state index in [1.54, 1.807) is 0 Å². The first-order valence-corrected chi connectivity index (χ1v) is 5.11. The van der Waals surface area contributed by atoms with Crippen molar-refractivity contribution in [3.8, 4) is 5.88 Å². The molecule has 2 rings (SSSR count). The van der Waals surface area contributed by atoms with Gasteiger partial charge in [0.05, 0.1) is 18.6 Å². The molecule has 0 bridgehead atoms. The van der Waals surface area contributed by atoms with Crippen molar-refractivity contribution in [1.82, 2.24) is 9.55 Å². The first-order chi connectivity index (χ1) is 7.59. The van der Waals surface area contributed by atoms with Crippen molar-refractivity contribution in [2.75, 3.05) is 6.61 Å². The summed E-state index contributed by atoms with van der Waals surface area (Å²) in [4.78, 5) is 25.7. The molecular formula is C9H9ClN2O4. The fraction of sp³-hybridized carbons (Fsp3) is 0.444. The highest BCUT2D eigenvalue weighted by Gasteiger charge is 2.21. The Hall–Kier alpha value is -1.56. The molecule has 1 aliphatic heterocycles. The lowest BCUT2D eigenvalue weighted by molar-refractivity contribution is -0.136. The molecule has 86 valence electrons. The maximum absolute atomic E-state index is 11.5. The van der Waals surface area contributed by atoms with Crippen molar-refractivity contribution in [2.24, 2.45) is 0 Å². The first kappa shape index (κ1) is 10.9. The van der Waals surface area contributed by atoms with Gasteiger partial charge in [0.2, 0.25) is 5.88 Å². The number of carboxylic acid groups (broad SMARTS) is 1. The molecule has 1 N–H and O–H groups in total. The molecule has 0 radical (unpaired) electrons. The maximum Gasteiger partial charge on any atom is 0.351 e. The Balaban J connectivity index is 2.58. The molecule has 0 fully saturated rings. The van der Waals surface area contributed by atoms with Crippen LogP contribution in [-0.2, 0) is 17.8 Å². The Morgan fingerprint density at radius 3 is 3.06 bits per heavy atom. The van der Waals surface area contributed by atoms with Gasteiger partial charge in [0.1, 0.15) is 5.15 Å². The Bertz CT molecular complexity index is 497. The predicted octanol–water partition coefficient (Wildman–Crippen LogP) is 0.306. The molecule has 0 aliphatic carbocycles. The number of rotatable bonds is 2. The number of nitrogens with zero attached hydrogens (tertiary/aromatic N) is 2. The molecule has 16 heavy (non-hydrogen) atoms. The number of carbonyl (C=O) groups is 1. The number of ether oxygens (including phenoxy) is 1. The molecular weight excluding hydrogens is 236 g/mol. The third-order valence-corrected chi connectivity index (χ3v) is 2.58. The highest BCUT2D eigenvalue weighted by atomic mass is 35.5. The SMILES string of the molecule is O=C(O)Cc1c(Cl)nc(=O)n2c1OCCC2. The van der Waals surface area contributed by atoms with Crippen LogP contribution in [-0.4, -0.2) is 27.2 Å². The number of hydrogen-bond donors (Lipinski definition) is 1. The van der Waals surface area contributed by atoms with E-state index in [4.69, 9.17) is 21.4 Å². The lowest BCUT2D eigenvalue weighted by Crippen LogP contribution is -2.31. The van der Waals surface area contributed by atoms with Crippen LogP contribution in [0.3, 0.4) is 0 Å². The molecule has 0 atom stereocenters. The summed E-state index contributed by atoms with van der Waals surface area (Å²) in [6.07, 6.45) is 0.393. The number of carboxylic acids is 1. The van der Waals surface area contributed by atoms with Crippen molar-refractivity contribution in [1.29, 1.82) is 0 Å². The minimum Gasteiger partial charge on any atom is -0.481 e. The van der Waals surface area contributed by atoms with E-state index in [2.05, 4.69) is 4.98 Å². The van der Waals surface area contributed by atoms with Crippen molar-refractivity contribution < 1.29 is 14.6 Å². The van der Waals surface area contributed by atoms with Gasteiger partial charge in [-0.1, -0.05) is 11.6 Å². The third kappa shape index (κ3) is 1.88. The summed E-state index contributed by atoms with van der Waals surface area (Å²) < 4.78 is 6.61. The zero-order valence-electron chi connectivity index (χ0n) is 8.27. The molecule has 0 saturated carbocycles. The van der Waals surface area contributed by atoms with Gasteiger partial charge in [-0.05, 0) is 6.42 Å². The average molecular weight is 245 g/mol. The minimum atomic E-state index is -1.04. The van der Waals surface area contributed by atoms with E-state index in [-0.39, 0.29) is 23.0 Å². The van der Waals surface area contributed by atoms with Crippen LogP contribution in [0.1, 0.15) is 12.0 Å². The van der Waals surface area contributed by atoms with E-state index in [1.807, 2.05) is 0 Å². The second-order valence-electron chi connectivity index (χ2n) is 3.39. The number of aromatic nitrogens is 2. The molecule has 7 heteroatoms. The largest absolute Gasteiger partial charge is 0.481 e. The van der Waals surface area contributed by atoms with Crippen molar-refractivity contribution in [2.45, 2.75) is 19.4 Å². The van der Waals surface area contributed by atoms with Crippen LogP contribution in [0.15, 0.2) is 4.79 Å². The average Bonchev–Trinajstić information content (AvgIpc) is 2.24. The van der Waals surface area contributed by atoms with Gasteiger partial charge < -0.3 is 9.84 Å². The van der Waals surface area contributed by atoms with E-state index in [1.165, 1.54) is 4.57 Å². The van der Waals surface area contributed by atoms with Crippen LogP contribution >= 0.6 is 11.6 Å². The van der Waals surface area contributed by atoms with Crippen LogP contribution in [0, 0.1) is 0 Å². The van der Waals surface area contributed by atoms with Crippen LogP contribution in [0.25, 0.3) is 0 Å². The van der Waals surface area contributed by atoms with Gasteiger partial charge in [0.25, 0.3) is 0 Å². The molecule has 1 aliphatic rings. The third-order valence-electron chi connectivity index (χ3n) is 2.27. The maximum atomic E-state index is 11.5. The first-order valence-electron chi connectivity index (χ1n) is 4.73. The molecule has 1 aromatic heterocycles. The lowest BCUT2D eigenvalue weighted by atomic mass is 10.2. The van der Waals surface area contributed by atoms with Gasteiger partial charge >= 0.3 is 11.7 Å². The fourth-order valence-corrected chi connectivity index (χ4v) is 1.82. The van der Waals surface area contributed by atoms with Crippen molar-refractivity contribution >= 4 is 17.6 Å². The van der Waals surface area contributed by atoms with Gasteiger partial charge in [0.15, 0.2) is 0 Å². The number of fused-ring (bicyclic) bond motifs is 1. The highest BCUT2D eigenvalue weighted by molar-refractivity contribution is 6.30.